The Morgan fingerprint density at radius 2 is 1.88 bits per heavy atom. The van der Waals surface area contributed by atoms with E-state index in [1.165, 1.54) is 0 Å². The molecule has 0 saturated heterocycles. The number of halogens is 4. The van der Waals surface area contributed by atoms with Gasteiger partial charge in [0.05, 0.1) is 6.54 Å². The van der Waals surface area contributed by atoms with Crippen LogP contribution in [0.5, 0.6) is 0 Å². The molecular formula is C9H16F4N2O. The molecule has 0 radical (unpaired) electrons. The summed E-state index contributed by atoms with van der Waals surface area (Å²) in [6.07, 6.45) is -3.94. The zero-order valence-corrected chi connectivity index (χ0v) is 9.14. The van der Waals surface area contributed by atoms with Crippen molar-refractivity contribution in [2.45, 2.75) is 38.7 Å². The van der Waals surface area contributed by atoms with Gasteiger partial charge in [0.2, 0.25) is 5.91 Å². The lowest BCUT2D eigenvalue weighted by molar-refractivity contribution is -0.136. The summed E-state index contributed by atoms with van der Waals surface area (Å²) in [5, 5.41) is 1.74. The first-order valence-corrected chi connectivity index (χ1v) is 4.85. The number of nitrogens with two attached hydrogens (primary N) is 1. The number of amides is 1. The van der Waals surface area contributed by atoms with Crippen molar-refractivity contribution in [1.82, 2.24) is 5.32 Å². The van der Waals surface area contributed by atoms with E-state index >= 15 is 0 Å². The number of carbonyl (C=O) groups is 1. The van der Waals surface area contributed by atoms with Crippen LogP contribution in [0.15, 0.2) is 0 Å². The summed E-state index contributed by atoms with van der Waals surface area (Å²) in [7, 11) is 0. The molecule has 16 heavy (non-hydrogen) atoms. The zero-order chi connectivity index (χ0) is 12.9. The van der Waals surface area contributed by atoms with Crippen LogP contribution in [0.2, 0.25) is 0 Å². The van der Waals surface area contributed by atoms with Crippen LogP contribution < -0.4 is 11.1 Å². The van der Waals surface area contributed by atoms with Gasteiger partial charge in [0.1, 0.15) is 0 Å². The minimum absolute atomic E-state index is 0.0151. The van der Waals surface area contributed by atoms with Crippen molar-refractivity contribution in [3.8, 4) is 0 Å². The van der Waals surface area contributed by atoms with E-state index in [0.29, 0.717) is 0 Å². The predicted octanol–water partition coefficient (Wildman–Crippen LogP) is 1.38. The Bertz CT molecular complexity index is 234. The maximum atomic E-state index is 12.4. The number of hydrogen-bond donors (Lipinski definition) is 2. The average molecular weight is 244 g/mol. The van der Waals surface area contributed by atoms with Crippen molar-refractivity contribution in [2.75, 3.05) is 6.54 Å². The zero-order valence-electron chi connectivity index (χ0n) is 9.14. The highest BCUT2D eigenvalue weighted by Crippen LogP contribution is 2.21. The molecule has 96 valence electrons. The summed E-state index contributed by atoms with van der Waals surface area (Å²) in [6, 6.07) is -0.472. The van der Waals surface area contributed by atoms with Crippen LogP contribution in [0.4, 0.5) is 17.6 Å². The third-order valence-electron chi connectivity index (χ3n) is 2.12. The standard InChI is InChI=1S/C9H16F4N2O/c1-5(2)6(14)3-7(16)15-4-9(12,13)8(10)11/h5-6,8H,3-4,14H2,1-2H3,(H,15,16). The van der Waals surface area contributed by atoms with Crippen molar-refractivity contribution >= 4 is 5.91 Å². The largest absolute Gasteiger partial charge is 0.350 e. The lowest BCUT2D eigenvalue weighted by Crippen LogP contribution is -2.43. The molecule has 0 saturated carbocycles. The Kier molecular flexibility index (Phi) is 5.71. The Balaban J connectivity index is 3.99. The lowest BCUT2D eigenvalue weighted by Gasteiger charge is -2.18. The van der Waals surface area contributed by atoms with Gasteiger partial charge < -0.3 is 11.1 Å². The van der Waals surface area contributed by atoms with Crippen LogP contribution in [0.1, 0.15) is 20.3 Å². The summed E-state index contributed by atoms with van der Waals surface area (Å²) in [5.41, 5.74) is 5.52. The van der Waals surface area contributed by atoms with E-state index < -0.39 is 30.8 Å². The fraction of sp³-hybridized carbons (Fsp3) is 0.889. The van der Waals surface area contributed by atoms with Gasteiger partial charge in [0, 0.05) is 12.5 Å². The second kappa shape index (κ2) is 6.03. The van der Waals surface area contributed by atoms with Gasteiger partial charge in [0.25, 0.3) is 0 Å². The third-order valence-corrected chi connectivity index (χ3v) is 2.12. The summed E-state index contributed by atoms with van der Waals surface area (Å²) < 4.78 is 48.3. The van der Waals surface area contributed by atoms with E-state index in [2.05, 4.69) is 0 Å². The molecule has 1 atom stereocenters. The minimum Gasteiger partial charge on any atom is -0.350 e. The highest BCUT2D eigenvalue weighted by atomic mass is 19.3. The molecule has 0 aliphatic rings. The van der Waals surface area contributed by atoms with Gasteiger partial charge in [-0.2, -0.15) is 8.78 Å². The first-order valence-electron chi connectivity index (χ1n) is 4.85. The van der Waals surface area contributed by atoms with Crippen LogP contribution in [0.25, 0.3) is 0 Å². The van der Waals surface area contributed by atoms with E-state index in [9.17, 15) is 22.4 Å². The lowest BCUT2D eigenvalue weighted by atomic mass is 10.0. The number of alkyl halides is 4. The quantitative estimate of drug-likeness (QED) is 0.693. The van der Waals surface area contributed by atoms with E-state index in [4.69, 9.17) is 5.73 Å². The van der Waals surface area contributed by atoms with E-state index in [0.717, 1.165) is 0 Å². The molecular weight excluding hydrogens is 228 g/mol. The monoisotopic (exact) mass is 244 g/mol. The van der Waals surface area contributed by atoms with Crippen molar-refractivity contribution in [3.05, 3.63) is 0 Å². The molecule has 0 spiro atoms. The summed E-state index contributed by atoms with van der Waals surface area (Å²) in [4.78, 5) is 11.1. The summed E-state index contributed by atoms with van der Waals surface area (Å²) in [6.45, 7) is 2.17. The van der Waals surface area contributed by atoms with Gasteiger partial charge in [-0.1, -0.05) is 13.8 Å². The minimum atomic E-state index is -4.20. The number of nitrogens with one attached hydrogen (secondary N) is 1. The molecule has 0 aliphatic heterocycles. The van der Waals surface area contributed by atoms with Crippen molar-refractivity contribution in [1.29, 1.82) is 0 Å². The molecule has 0 aromatic carbocycles. The molecule has 0 aromatic rings. The fourth-order valence-corrected chi connectivity index (χ4v) is 0.816. The van der Waals surface area contributed by atoms with E-state index in [1.807, 2.05) is 0 Å². The highest BCUT2D eigenvalue weighted by molar-refractivity contribution is 5.76. The van der Waals surface area contributed by atoms with Gasteiger partial charge in [-0.3, -0.25) is 4.79 Å². The Morgan fingerprint density at radius 1 is 1.38 bits per heavy atom. The second-order valence-electron chi connectivity index (χ2n) is 3.95. The van der Waals surface area contributed by atoms with Crippen molar-refractivity contribution < 1.29 is 22.4 Å². The van der Waals surface area contributed by atoms with Crippen LogP contribution >= 0.6 is 0 Å². The Labute approximate surface area is 91.4 Å². The molecule has 0 heterocycles. The topological polar surface area (TPSA) is 55.1 Å². The van der Waals surface area contributed by atoms with Gasteiger partial charge in [-0.15, -0.1) is 0 Å². The maximum absolute atomic E-state index is 12.4. The SMILES string of the molecule is CC(C)C(N)CC(=O)NCC(F)(F)C(F)F. The fourth-order valence-electron chi connectivity index (χ4n) is 0.816. The molecule has 3 nitrogen and oxygen atoms in total. The van der Waals surface area contributed by atoms with Crippen molar-refractivity contribution in [3.63, 3.8) is 0 Å². The van der Waals surface area contributed by atoms with Gasteiger partial charge in [0.15, 0.2) is 0 Å². The third kappa shape index (κ3) is 5.29. The molecule has 0 aromatic heterocycles. The first kappa shape index (κ1) is 15.2. The number of hydrogen-bond acceptors (Lipinski definition) is 2. The molecule has 0 rings (SSSR count). The van der Waals surface area contributed by atoms with Gasteiger partial charge in [-0.25, -0.2) is 8.78 Å². The Morgan fingerprint density at radius 3 is 2.25 bits per heavy atom. The second-order valence-corrected chi connectivity index (χ2v) is 3.95. The summed E-state index contributed by atoms with van der Waals surface area (Å²) >= 11 is 0. The van der Waals surface area contributed by atoms with Crippen LogP contribution in [0, 0.1) is 5.92 Å². The number of carbonyl (C=O) groups excluding carboxylic acids is 1. The van der Waals surface area contributed by atoms with Crippen LogP contribution in [0.3, 0.4) is 0 Å². The van der Waals surface area contributed by atoms with Crippen LogP contribution in [-0.4, -0.2) is 30.8 Å². The van der Waals surface area contributed by atoms with E-state index in [1.54, 1.807) is 19.2 Å². The molecule has 7 heteroatoms. The van der Waals surface area contributed by atoms with Crippen LogP contribution in [-0.2, 0) is 4.79 Å². The average Bonchev–Trinajstić information content (AvgIpc) is 2.14. The molecule has 0 bridgehead atoms. The van der Waals surface area contributed by atoms with E-state index in [-0.39, 0.29) is 12.3 Å². The molecule has 0 fully saturated rings. The smallest absolute Gasteiger partial charge is 0.324 e. The molecule has 0 aliphatic carbocycles. The maximum Gasteiger partial charge on any atom is 0.324 e. The normalized spacial score (nSPS) is 14.3. The first-order chi connectivity index (χ1) is 7.16. The molecule has 1 amide bonds. The Hall–Kier alpha value is -0.850. The molecule has 3 N–H and O–H groups in total. The highest BCUT2D eigenvalue weighted by Gasteiger charge is 2.40. The van der Waals surface area contributed by atoms with Gasteiger partial charge in [-0.05, 0) is 5.92 Å². The van der Waals surface area contributed by atoms with Crippen molar-refractivity contribution in [2.24, 2.45) is 11.7 Å². The summed E-state index contributed by atoms with van der Waals surface area (Å²) in [5.74, 6) is -4.93. The van der Waals surface area contributed by atoms with Gasteiger partial charge >= 0.3 is 12.3 Å². The molecule has 1 unspecified atom stereocenters. The predicted molar refractivity (Wildman–Crippen MR) is 51.4 cm³/mol. The number of rotatable bonds is 6.